The third kappa shape index (κ3) is 3.35. The van der Waals surface area contributed by atoms with Gasteiger partial charge in [-0.3, -0.25) is 4.79 Å². The summed E-state index contributed by atoms with van der Waals surface area (Å²) in [6.07, 6.45) is 0.619. The van der Waals surface area contributed by atoms with Crippen LogP contribution in [0.4, 0.5) is 4.39 Å². The van der Waals surface area contributed by atoms with Crippen molar-refractivity contribution in [2.75, 3.05) is 20.8 Å². The van der Waals surface area contributed by atoms with Gasteiger partial charge in [0.2, 0.25) is 5.91 Å². The zero-order valence-corrected chi connectivity index (χ0v) is 15.3. The third-order valence-electron chi connectivity index (χ3n) is 4.95. The SMILES string of the molecule is COc1cccc2c1OCC(C(=O)N(C)Cc1cc3cc(F)ccc3[nH]1)C2. The van der Waals surface area contributed by atoms with Gasteiger partial charge in [-0.25, -0.2) is 4.39 Å². The fraction of sp³-hybridized carbons (Fsp3) is 0.286. The van der Waals surface area contributed by atoms with Crippen molar-refractivity contribution < 1.29 is 18.7 Å². The smallest absolute Gasteiger partial charge is 0.229 e. The Balaban J connectivity index is 1.47. The van der Waals surface area contributed by atoms with Gasteiger partial charge in [-0.05, 0) is 42.3 Å². The van der Waals surface area contributed by atoms with Crippen molar-refractivity contribution >= 4 is 16.8 Å². The largest absolute Gasteiger partial charge is 0.493 e. The van der Waals surface area contributed by atoms with Gasteiger partial charge < -0.3 is 19.4 Å². The van der Waals surface area contributed by atoms with Crippen LogP contribution in [0.25, 0.3) is 10.9 Å². The molecule has 1 N–H and O–H groups in total. The zero-order valence-electron chi connectivity index (χ0n) is 15.3. The van der Waals surface area contributed by atoms with E-state index in [9.17, 15) is 9.18 Å². The molecule has 1 aromatic heterocycles. The Hall–Kier alpha value is -3.02. The number of para-hydroxylation sites is 1. The summed E-state index contributed by atoms with van der Waals surface area (Å²) >= 11 is 0. The molecule has 0 saturated heterocycles. The number of aromatic amines is 1. The van der Waals surface area contributed by atoms with Crippen LogP contribution in [0.2, 0.25) is 0 Å². The number of ether oxygens (including phenoxy) is 2. The van der Waals surface area contributed by atoms with Crippen LogP contribution in [0.3, 0.4) is 0 Å². The molecular formula is C21H21FN2O3. The molecule has 5 nitrogen and oxygen atoms in total. The number of nitrogens with one attached hydrogen (secondary N) is 1. The molecule has 4 rings (SSSR count). The van der Waals surface area contributed by atoms with Gasteiger partial charge in [0.25, 0.3) is 0 Å². The summed E-state index contributed by atoms with van der Waals surface area (Å²) in [4.78, 5) is 17.8. The van der Waals surface area contributed by atoms with E-state index >= 15 is 0 Å². The van der Waals surface area contributed by atoms with Gasteiger partial charge in [0.05, 0.1) is 19.6 Å². The van der Waals surface area contributed by atoms with Crippen molar-refractivity contribution in [2.24, 2.45) is 5.92 Å². The molecule has 2 heterocycles. The Labute approximate surface area is 156 Å². The van der Waals surface area contributed by atoms with Crippen molar-refractivity contribution in [1.29, 1.82) is 0 Å². The van der Waals surface area contributed by atoms with Gasteiger partial charge in [-0.2, -0.15) is 0 Å². The first-order valence-electron chi connectivity index (χ1n) is 8.86. The molecule has 0 bridgehead atoms. The molecule has 0 radical (unpaired) electrons. The van der Waals surface area contributed by atoms with Crippen molar-refractivity contribution in [1.82, 2.24) is 9.88 Å². The van der Waals surface area contributed by atoms with Crippen molar-refractivity contribution in [3.8, 4) is 11.5 Å². The molecule has 3 aromatic rings. The number of benzene rings is 2. The summed E-state index contributed by atoms with van der Waals surface area (Å²) < 4.78 is 24.5. The summed E-state index contributed by atoms with van der Waals surface area (Å²) in [6, 6.07) is 12.2. The molecule has 1 aliphatic heterocycles. The first-order chi connectivity index (χ1) is 13.0. The standard InChI is InChI=1S/C21H21FN2O3/c1-24(11-17-10-14-9-16(22)6-7-18(14)23-17)21(25)15-8-13-4-3-5-19(26-2)20(13)27-12-15/h3-7,9-10,15,23H,8,11-12H2,1-2H3. The molecule has 1 aliphatic rings. The van der Waals surface area contributed by atoms with Crippen LogP contribution < -0.4 is 9.47 Å². The summed E-state index contributed by atoms with van der Waals surface area (Å²) in [5.74, 6) is 0.928. The Morgan fingerprint density at radius 1 is 1.33 bits per heavy atom. The van der Waals surface area contributed by atoms with E-state index in [0.717, 1.165) is 27.9 Å². The van der Waals surface area contributed by atoms with Crippen LogP contribution >= 0.6 is 0 Å². The highest BCUT2D eigenvalue weighted by molar-refractivity contribution is 5.82. The highest BCUT2D eigenvalue weighted by Crippen LogP contribution is 2.36. The van der Waals surface area contributed by atoms with Crippen molar-refractivity contribution in [3.05, 3.63) is 59.5 Å². The highest BCUT2D eigenvalue weighted by Gasteiger charge is 2.29. The topological polar surface area (TPSA) is 54.6 Å². The maximum absolute atomic E-state index is 13.4. The van der Waals surface area contributed by atoms with Crippen molar-refractivity contribution in [3.63, 3.8) is 0 Å². The molecule has 2 aromatic carbocycles. The number of carbonyl (C=O) groups is 1. The van der Waals surface area contributed by atoms with Gasteiger partial charge >= 0.3 is 0 Å². The molecular weight excluding hydrogens is 347 g/mol. The molecule has 6 heteroatoms. The number of aromatic nitrogens is 1. The van der Waals surface area contributed by atoms with E-state index in [1.807, 2.05) is 24.3 Å². The van der Waals surface area contributed by atoms with Gasteiger partial charge in [0.1, 0.15) is 12.4 Å². The predicted octanol–water partition coefficient (Wildman–Crippen LogP) is 3.53. The van der Waals surface area contributed by atoms with Gasteiger partial charge in [0.15, 0.2) is 11.5 Å². The molecule has 1 atom stereocenters. The molecule has 1 unspecified atom stereocenters. The molecule has 0 fully saturated rings. The summed E-state index contributed by atoms with van der Waals surface area (Å²) in [5.41, 5.74) is 2.70. The Morgan fingerprint density at radius 2 is 2.19 bits per heavy atom. The fourth-order valence-corrected chi connectivity index (χ4v) is 3.61. The Morgan fingerprint density at radius 3 is 3.00 bits per heavy atom. The molecule has 27 heavy (non-hydrogen) atoms. The van der Waals surface area contributed by atoms with Crippen molar-refractivity contribution in [2.45, 2.75) is 13.0 Å². The lowest BCUT2D eigenvalue weighted by molar-refractivity contribution is -0.136. The number of rotatable bonds is 4. The van der Waals surface area contributed by atoms with Crippen LogP contribution in [0.15, 0.2) is 42.5 Å². The average molecular weight is 368 g/mol. The van der Waals surface area contributed by atoms with E-state index in [1.54, 1.807) is 25.1 Å². The van der Waals surface area contributed by atoms with E-state index in [1.165, 1.54) is 12.1 Å². The van der Waals surface area contributed by atoms with E-state index in [2.05, 4.69) is 4.98 Å². The molecule has 140 valence electrons. The van der Waals surface area contributed by atoms with Gasteiger partial charge in [-0.15, -0.1) is 0 Å². The first-order valence-corrected chi connectivity index (χ1v) is 8.86. The molecule has 1 amide bonds. The lowest BCUT2D eigenvalue weighted by Crippen LogP contribution is -2.38. The number of fused-ring (bicyclic) bond motifs is 2. The number of nitrogens with zero attached hydrogens (tertiary/aromatic N) is 1. The van der Waals surface area contributed by atoms with E-state index in [0.29, 0.717) is 25.3 Å². The highest BCUT2D eigenvalue weighted by atomic mass is 19.1. The second kappa shape index (κ2) is 6.95. The van der Waals surface area contributed by atoms with Crippen LogP contribution in [0.1, 0.15) is 11.3 Å². The van der Waals surface area contributed by atoms with Gasteiger partial charge in [-0.1, -0.05) is 12.1 Å². The van der Waals surface area contributed by atoms with E-state index < -0.39 is 0 Å². The lowest BCUT2D eigenvalue weighted by Gasteiger charge is -2.28. The normalized spacial score (nSPS) is 15.9. The zero-order chi connectivity index (χ0) is 19.0. The average Bonchev–Trinajstić information content (AvgIpc) is 3.07. The van der Waals surface area contributed by atoms with Gasteiger partial charge in [0, 0.05) is 23.6 Å². The number of amides is 1. The minimum Gasteiger partial charge on any atom is -0.493 e. The quantitative estimate of drug-likeness (QED) is 0.767. The number of halogens is 1. The van der Waals surface area contributed by atoms with E-state index in [4.69, 9.17) is 9.47 Å². The maximum atomic E-state index is 13.4. The minimum atomic E-state index is -0.272. The predicted molar refractivity (Wildman–Crippen MR) is 100 cm³/mol. The molecule has 0 spiro atoms. The number of hydrogen-bond donors (Lipinski definition) is 1. The number of H-pyrrole nitrogens is 1. The van der Waals surface area contributed by atoms with Crippen LogP contribution in [0, 0.1) is 11.7 Å². The molecule has 0 saturated carbocycles. The van der Waals surface area contributed by atoms with Crippen LogP contribution in [0.5, 0.6) is 11.5 Å². The Kier molecular flexibility index (Phi) is 4.48. The van der Waals surface area contributed by atoms with E-state index in [-0.39, 0.29) is 17.6 Å². The second-order valence-electron chi connectivity index (χ2n) is 6.88. The summed E-state index contributed by atoms with van der Waals surface area (Å²) in [6.45, 7) is 0.755. The maximum Gasteiger partial charge on any atom is 0.229 e. The monoisotopic (exact) mass is 368 g/mol. The third-order valence-corrected chi connectivity index (χ3v) is 4.95. The number of methoxy groups -OCH3 is 1. The minimum absolute atomic E-state index is 0.0216. The van der Waals surface area contributed by atoms with Crippen LogP contribution in [-0.2, 0) is 17.8 Å². The fourth-order valence-electron chi connectivity index (χ4n) is 3.61. The lowest BCUT2D eigenvalue weighted by atomic mass is 9.95. The van der Waals surface area contributed by atoms with Crippen LogP contribution in [-0.4, -0.2) is 36.6 Å². The Bertz CT molecular complexity index is 998. The second-order valence-corrected chi connectivity index (χ2v) is 6.88. The number of hydrogen-bond acceptors (Lipinski definition) is 3. The summed E-state index contributed by atoms with van der Waals surface area (Å²) in [7, 11) is 3.38. The number of carbonyl (C=O) groups excluding carboxylic acids is 1. The summed E-state index contributed by atoms with van der Waals surface area (Å²) in [5, 5.41) is 0.799. The first kappa shape index (κ1) is 17.4. The molecule has 0 aliphatic carbocycles.